The van der Waals surface area contributed by atoms with E-state index < -0.39 is 18.0 Å². The molecule has 1 aliphatic carbocycles. The van der Waals surface area contributed by atoms with E-state index in [9.17, 15) is 10.1 Å². The predicted molar refractivity (Wildman–Crippen MR) is 115 cm³/mol. The Kier molecular flexibility index (Phi) is 6.91. The molecule has 0 aliphatic heterocycles. The van der Waals surface area contributed by atoms with Crippen molar-refractivity contribution in [2.45, 2.75) is 33.8 Å². The first-order valence-corrected chi connectivity index (χ1v) is 10.3. The van der Waals surface area contributed by atoms with Crippen molar-refractivity contribution in [2.75, 3.05) is 6.61 Å². The number of ether oxygens (including phenoxy) is 2. The first-order valence-electron chi connectivity index (χ1n) is 10.3. The smallest absolute Gasteiger partial charge is 0.311 e. The summed E-state index contributed by atoms with van der Waals surface area (Å²) in [5, 5.41) is 13.6. The topological polar surface area (TPSA) is 93.8 Å². The second-order valence-electron chi connectivity index (χ2n) is 8.53. The molecule has 31 heavy (non-hydrogen) atoms. The van der Waals surface area contributed by atoms with E-state index in [1.807, 2.05) is 52.0 Å². The molecule has 0 amide bonds. The molecule has 1 fully saturated rings. The molecule has 3 atom stereocenters. The number of nitrogens with zero attached hydrogens (tertiary/aromatic N) is 3. The van der Waals surface area contributed by atoms with Gasteiger partial charge in [0, 0.05) is 18.2 Å². The van der Waals surface area contributed by atoms with Gasteiger partial charge in [-0.1, -0.05) is 57.1 Å². The fourth-order valence-electron chi connectivity index (χ4n) is 3.29. The van der Waals surface area contributed by atoms with Crippen LogP contribution in [0.15, 0.2) is 53.7 Å². The molecule has 1 saturated carbocycles. The Labute approximate surface area is 182 Å². The van der Waals surface area contributed by atoms with Crippen molar-refractivity contribution in [1.29, 1.82) is 5.26 Å². The molecule has 162 valence electrons. The van der Waals surface area contributed by atoms with Gasteiger partial charge in [-0.15, -0.1) is 0 Å². The SMILES string of the molecule is CC(C)CON=CC1C(C(=O)OC(C#N)c2cccc(Oc3ccccc3)n2)C1(C)C. The highest BCUT2D eigenvalue weighted by Gasteiger charge is 2.62. The minimum atomic E-state index is -1.13. The van der Waals surface area contributed by atoms with Crippen molar-refractivity contribution in [3.8, 4) is 17.7 Å². The Morgan fingerprint density at radius 1 is 1.23 bits per heavy atom. The van der Waals surface area contributed by atoms with E-state index in [0.29, 0.717) is 29.8 Å². The summed E-state index contributed by atoms with van der Waals surface area (Å²) in [7, 11) is 0. The minimum absolute atomic E-state index is 0.104. The van der Waals surface area contributed by atoms with Gasteiger partial charge in [-0.25, -0.2) is 4.98 Å². The van der Waals surface area contributed by atoms with Crippen molar-refractivity contribution in [3.05, 3.63) is 54.2 Å². The number of nitriles is 1. The molecule has 1 aliphatic rings. The average molecular weight is 421 g/mol. The van der Waals surface area contributed by atoms with E-state index in [1.54, 1.807) is 36.5 Å². The Morgan fingerprint density at radius 3 is 2.65 bits per heavy atom. The van der Waals surface area contributed by atoms with Gasteiger partial charge >= 0.3 is 5.97 Å². The van der Waals surface area contributed by atoms with Crippen LogP contribution in [0.2, 0.25) is 0 Å². The van der Waals surface area contributed by atoms with Gasteiger partial charge in [0.15, 0.2) is 0 Å². The number of esters is 1. The summed E-state index contributed by atoms with van der Waals surface area (Å²) in [4.78, 5) is 22.3. The monoisotopic (exact) mass is 421 g/mol. The van der Waals surface area contributed by atoms with Gasteiger partial charge in [-0.05, 0) is 29.5 Å². The van der Waals surface area contributed by atoms with Crippen molar-refractivity contribution in [2.24, 2.45) is 28.3 Å². The Balaban J connectivity index is 1.64. The molecule has 7 heteroatoms. The second kappa shape index (κ2) is 9.61. The number of carbonyl (C=O) groups excluding carboxylic acids is 1. The highest BCUT2D eigenvalue weighted by molar-refractivity contribution is 5.85. The maximum atomic E-state index is 12.8. The Morgan fingerprint density at radius 2 is 1.97 bits per heavy atom. The van der Waals surface area contributed by atoms with Gasteiger partial charge in [0.25, 0.3) is 0 Å². The maximum Gasteiger partial charge on any atom is 0.311 e. The lowest BCUT2D eigenvalue weighted by Crippen LogP contribution is -2.15. The number of pyridine rings is 1. The summed E-state index contributed by atoms with van der Waals surface area (Å²) in [6.07, 6.45) is 0.528. The van der Waals surface area contributed by atoms with E-state index >= 15 is 0 Å². The van der Waals surface area contributed by atoms with Crippen LogP contribution in [0.25, 0.3) is 0 Å². The summed E-state index contributed by atoms with van der Waals surface area (Å²) < 4.78 is 11.2. The van der Waals surface area contributed by atoms with Crippen LogP contribution < -0.4 is 4.74 Å². The van der Waals surface area contributed by atoms with Crippen LogP contribution in [0.3, 0.4) is 0 Å². The second-order valence-corrected chi connectivity index (χ2v) is 8.53. The molecule has 0 bridgehead atoms. The highest BCUT2D eigenvalue weighted by atomic mass is 16.6. The first-order chi connectivity index (χ1) is 14.8. The van der Waals surface area contributed by atoms with E-state index in [4.69, 9.17) is 14.3 Å². The molecule has 3 unspecified atom stereocenters. The van der Waals surface area contributed by atoms with Gasteiger partial charge in [0.05, 0.1) is 11.6 Å². The molecule has 0 spiro atoms. The molecular weight excluding hydrogens is 394 g/mol. The molecule has 2 aromatic rings. The lowest BCUT2D eigenvalue weighted by molar-refractivity contribution is -0.149. The molecule has 1 heterocycles. The third-order valence-corrected chi connectivity index (χ3v) is 5.20. The fraction of sp³-hybridized carbons (Fsp3) is 0.417. The fourth-order valence-corrected chi connectivity index (χ4v) is 3.29. The molecule has 1 aromatic heterocycles. The number of oxime groups is 1. The normalized spacial score (nSPS) is 20.1. The molecule has 3 rings (SSSR count). The molecule has 0 N–H and O–H groups in total. The standard InChI is InChI=1S/C24H27N3O4/c1-16(2)15-29-26-14-18-22(24(18,3)4)23(28)31-20(13-25)19-11-8-12-21(27-19)30-17-9-6-5-7-10-17/h5-12,14,16,18,20,22H,15H2,1-4H3. The van der Waals surface area contributed by atoms with Gasteiger partial charge in [-0.2, -0.15) is 5.26 Å². The number of para-hydroxylation sites is 1. The number of rotatable bonds is 9. The third kappa shape index (κ3) is 5.60. The maximum absolute atomic E-state index is 12.8. The minimum Gasteiger partial charge on any atom is -0.440 e. The number of hydrogen-bond acceptors (Lipinski definition) is 7. The zero-order valence-electron chi connectivity index (χ0n) is 18.2. The summed E-state index contributed by atoms with van der Waals surface area (Å²) in [5.74, 6) is 0.368. The molecule has 1 aromatic carbocycles. The van der Waals surface area contributed by atoms with Gasteiger partial charge in [0.2, 0.25) is 12.0 Å². The van der Waals surface area contributed by atoms with Crippen LogP contribution in [0, 0.1) is 34.5 Å². The number of benzene rings is 1. The van der Waals surface area contributed by atoms with E-state index in [0.717, 1.165) is 0 Å². The van der Waals surface area contributed by atoms with Crippen molar-refractivity contribution >= 4 is 12.2 Å². The largest absolute Gasteiger partial charge is 0.440 e. The lowest BCUT2D eigenvalue weighted by Gasteiger charge is -2.12. The molecule has 0 saturated heterocycles. The van der Waals surface area contributed by atoms with Crippen molar-refractivity contribution in [3.63, 3.8) is 0 Å². The predicted octanol–water partition coefficient (Wildman–Crippen LogP) is 4.91. The highest BCUT2D eigenvalue weighted by Crippen LogP contribution is 2.58. The zero-order chi connectivity index (χ0) is 22.4. The van der Waals surface area contributed by atoms with Crippen LogP contribution in [0.4, 0.5) is 0 Å². The summed E-state index contributed by atoms with van der Waals surface area (Å²) in [6.45, 7) is 8.51. The van der Waals surface area contributed by atoms with Gasteiger partial charge in [-0.3, -0.25) is 4.79 Å². The van der Waals surface area contributed by atoms with Gasteiger partial charge < -0.3 is 14.3 Å². The summed E-state index contributed by atoms with van der Waals surface area (Å²) in [6, 6.07) is 16.2. The van der Waals surface area contributed by atoms with Crippen LogP contribution in [-0.2, 0) is 14.4 Å². The van der Waals surface area contributed by atoms with Crippen LogP contribution in [0.1, 0.15) is 39.5 Å². The molecule has 7 nitrogen and oxygen atoms in total. The Hall–Kier alpha value is -3.40. The van der Waals surface area contributed by atoms with Crippen LogP contribution in [-0.4, -0.2) is 23.8 Å². The number of hydrogen-bond donors (Lipinski definition) is 0. The van der Waals surface area contributed by atoms with Crippen LogP contribution in [0.5, 0.6) is 11.6 Å². The number of aromatic nitrogens is 1. The quantitative estimate of drug-likeness (QED) is 0.324. The van der Waals surface area contributed by atoms with Gasteiger partial charge in [0.1, 0.15) is 18.4 Å². The zero-order valence-corrected chi connectivity index (χ0v) is 18.2. The van der Waals surface area contributed by atoms with E-state index in [-0.39, 0.29) is 11.3 Å². The number of carbonyl (C=O) groups is 1. The molecule has 0 radical (unpaired) electrons. The van der Waals surface area contributed by atoms with E-state index in [2.05, 4.69) is 10.1 Å². The summed E-state index contributed by atoms with van der Waals surface area (Å²) in [5.41, 5.74) is 0.00114. The van der Waals surface area contributed by atoms with Crippen molar-refractivity contribution in [1.82, 2.24) is 4.98 Å². The lowest BCUT2D eigenvalue weighted by atomic mass is 10.1. The Bertz CT molecular complexity index is 966. The van der Waals surface area contributed by atoms with Crippen LogP contribution >= 0.6 is 0 Å². The van der Waals surface area contributed by atoms with E-state index in [1.165, 1.54) is 0 Å². The summed E-state index contributed by atoms with van der Waals surface area (Å²) >= 11 is 0. The van der Waals surface area contributed by atoms with Crippen molar-refractivity contribution < 1.29 is 19.1 Å². The average Bonchev–Trinajstić information content (AvgIpc) is 3.30. The first kappa shape index (κ1) is 22.3. The third-order valence-electron chi connectivity index (χ3n) is 5.20. The molecular formula is C24H27N3O4.